The summed E-state index contributed by atoms with van der Waals surface area (Å²) in [6.45, 7) is 8.48. The van der Waals surface area contributed by atoms with Gasteiger partial charge in [0.25, 0.3) is 11.8 Å². The summed E-state index contributed by atoms with van der Waals surface area (Å²) in [5.41, 5.74) is -2.76. The van der Waals surface area contributed by atoms with Gasteiger partial charge in [0.1, 0.15) is 5.82 Å². The summed E-state index contributed by atoms with van der Waals surface area (Å²) in [5.74, 6) is -0.763. The molecule has 3 N–H and O–H groups in total. The van der Waals surface area contributed by atoms with Crippen molar-refractivity contribution in [2.45, 2.75) is 96.6 Å². The Kier molecular flexibility index (Phi) is 9.74. The number of halogens is 3. The third-order valence-corrected chi connectivity index (χ3v) is 7.80. The zero-order valence-electron chi connectivity index (χ0n) is 23.1. The van der Waals surface area contributed by atoms with E-state index in [1.165, 1.54) is 20.8 Å². The third-order valence-electron chi connectivity index (χ3n) is 7.36. The quantitative estimate of drug-likeness (QED) is 0.222. The van der Waals surface area contributed by atoms with Crippen LogP contribution in [0.25, 0.3) is 0 Å². The van der Waals surface area contributed by atoms with Crippen molar-refractivity contribution in [1.29, 1.82) is 0 Å². The lowest BCUT2D eigenvalue weighted by atomic mass is 9.80. The van der Waals surface area contributed by atoms with E-state index in [1.807, 2.05) is 13.8 Å². The number of nitrogens with zero attached hydrogens (tertiary/aromatic N) is 3. The lowest BCUT2D eigenvalue weighted by molar-refractivity contribution is -0.138. The second-order valence-electron chi connectivity index (χ2n) is 11.2. The Labute approximate surface area is 232 Å². The summed E-state index contributed by atoms with van der Waals surface area (Å²) in [7, 11) is 0. The van der Waals surface area contributed by atoms with Crippen molar-refractivity contribution in [1.82, 2.24) is 15.2 Å². The average Bonchev–Trinajstić information content (AvgIpc) is 3.23. The molecule has 39 heavy (non-hydrogen) atoms. The van der Waals surface area contributed by atoms with Crippen molar-refractivity contribution in [3.63, 3.8) is 0 Å². The number of anilines is 1. The number of carbonyl (C=O) groups is 2. The fourth-order valence-electron chi connectivity index (χ4n) is 4.72. The number of aliphatic hydroxyl groups is 1. The van der Waals surface area contributed by atoms with Gasteiger partial charge < -0.3 is 20.6 Å². The van der Waals surface area contributed by atoms with Crippen molar-refractivity contribution in [2.24, 2.45) is 10.9 Å². The minimum atomic E-state index is -4.77. The van der Waals surface area contributed by atoms with Gasteiger partial charge in [0, 0.05) is 36.9 Å². The smallest absolute Gasteiger partial charge is 0.389 e. The first-order valence-corrected chi connectivity index (χ1v) is 13.7. The molecule has 216 valence electrons. The molecule has 1 aliphatic heterocycles. The Bertz CT molecular complexity index is 1110. The number of aliphatic imine (C=N–C) groups is 1. The standard InChI is InChI=1S/C27H38F3N5O3S/c1-15-8-7-11-35(15)25(37)22(34-17(3)24(36)32-14-26(4,5)38)23(39)19-13-31-21(12-20(19)27(28,29)30)33-16(2)18-9-6-10-18/h12-13,15-16,18,22,38H,6-11,14H2,1-5H3,(H,31,33)(H,32,36)/t15-,16+,22?/m0/s1. The van der Waals surface area contributed by atoms with Gasteiger partial charge in [-0.05, 0) is 72.3 Å². The van der Waals surface area contributed by atoms with Gasteiger partial charge in [-0.2, -0.15) is 13.2 Å². The van der Waals surface area contributed by atoms with Gasteiger partial charge in [-0.25, -0.2) is 4.98 Å². The van der Waals surface area contributed by atoms with Crippen LogP contribution in [-0.4, -0.2) is 74.2 Å². The van der Waals surface area contributed by atoms with Crippen LogP contribution in [0.3, 0.4) is 0 Å². The van der Waals surface area contributed by atoms with E-state index in [1.54, 1.807) is 4.90 Å². The van der Waals surface area contributed by atoms with E-state index in [9.17, 15) is 27.9 Å². The van der Waals surface area contributed by atoms with E-state index in [-0.39, 0.29) is 35.0 Å². The van der Waals surface area contributed by atoms with Crippen LogP contribution in [-0.2, 0) is 15.8 Å². The van der Waals surface area contributed by atoms with E-state index >= 15 is 0 Å². The molecule has 0 bridgehead atoms. The maximum Gasteiger partial charge on any atom is 0.417 e. The lowest BCUT2D eigenvalue weighted by Gasteiger charge is -2.32. The van der Waals surface area contributed by atoms with Crippen molar-refractivity contribution in [3.8, 4) is 0 Å². The fourth-order valence-corrected chi connectivity index (χ4v) is 5.04. The van der Waals surface area contributed by atoms with Crippen LogP contribution in [0.15, 0.2) is 17.3 Å². The van der Waals surface area contributed by atoms with Crippen molar-refractivity contribution < 1.29 is 27.9 Å². The number of pyridine rings is 1. The van der Waals surface area contributed by atoms with Crippen LogP contribution in [0, 0.1) is 5.92 Å². The first-order chi connectivity index (χ1) is 18.1. The van der Waals surface area contributed by atoms with E-state index < -0.39 is 40.8 Å². The zero-order valence-corrected chi connectivity index (χ0v) is 23.9. The largest absolute Gasteiger partial charge is 0.417 e. The van der Waals surface area contributed by atoms with Crippen molar-refractivity contribution in [2.75, 3.05) is 18.4 Å². The topological polar surface area (TPSA) is 107 Å². The second-order valence-corrected chi connectivity index (χ2v) is 11.7. The van der Waals surface area contributed by atoms with Gasteiger partial charge in [-0.3, -0.25) is 14.6 Å². The minimum absolute atomic E-state index is 0.0363. The number of likely N-dealkylation sites (tertiary alicyclic amines) is 1. The molecule has 0 aromatic carbocycles. The highest BCUT2D eigenvalue weighted by molar-refractivity contribution is 7.81. The Morgan fingerprint density at radius 2 is 1.92 bits per heavy atom. The molecule has 1 saturated carbocycles. The molecule has 1 unspecified atom stereocenters. The molecule has 1 saturated heterocycles. The molecule has 1 aromatic rings. The summed E-state index contributed by atoms with van der Waals surface area (Å²) in [5, 5.41) is 15.5. The van der Waals surface area contributed by atoms with E-state index in [2.05, 4.69) is 20.6 Å². The molecule has 3 rings (SSSR count). The van der Waals surface area contributed by atoms with Gasteiger partial charge >= 0.3 is 6.18 Å². The Morgan fingerprint density at radius 1 is 1.26 bits per heavy atom. The minimum Gasteiger partial charge on any atom is -0.389 e. The molecule has 2 amide bonds. The number of rotatable bonds is 10. The maximum atomic E-state index is 14.3. The number of carbonyl (C=O) groups excluding carboxylic acids is 2. The Balaban J connectivity index is 1.97. The predicted octanol–water partition coefficient (Wildman–Crippen LogP) is 4.15. The normalized spacial score (nSPS) is 20.3. The van der Waals surface area contributed by atoms with Gasteiger partial charge in [0.2, 0.25) is 0 Å². The van der Waals surface area contributed by atoms with Crippen LogP contribution >= 0.6 is 12.2 Å². The monoisotopic (exact) mass is 569 g/mol. The van der Waals surface area contributed by atoms with Gasteiger partial charge in [-0.15, -0.1) is 0 Å². The fraction of sp³-hybridized carbons (Fsp3) is 0.667. The zero-order chi connectivity index (χ0) is 29.1. The number of hydrogen-bond donors (Lipinski definition) is 3. The van der Waals surface area contributed by atoms with E-state index in [0.29, 0.717) is 12.5 Å². The SMILES string of the molecule is CC(=NC(C(=O)N1CCC[C@@H]1C)C(=S)c1cnc(N[C@H](C)C2CCC2)cc1C(F)(F)F)C(=O)NCC(C)(C)O. The number of thiocarbonyl (C=S) groups is 1. The molecule has 3 atom stereocenters. The Morgan fingerprint density at radius 3 is 2.44 bits per heavy atom. The van der Waals surface area contributed by atoms with Crippen molar-refractivity contribution >= 4 is 40.4 Å². The first kappa shape index (κ1) is 30.9. The molecular weight excluding hydrogens is 531 g/mol. The van der Waals surface area contributed by atoms with Crippen molar-refractivity contribution in [3.05, 3.63) is 23.4 Å². The van der Waals surface area contributed by atoms with Crippen LogP contribution in [0.2, 0.25) is 0 Å². The third kappa shape index (κ3) is 7.97. The highest BCUT2D eigenvalue weighted by Gasteiger charge is 2.40. The van der Waals surface area contributed by atoms with Crippen LogP contribution in [0.5, 0.6) is 0 Å². The van der Waals surface area contributed by atoms with E-state index in [4.69, 9.17) is 12.2 Å². The second kappa shape index (κ2) is 12.3. The average molecular weight is 570 g/mol. The molecule has 2 aliphatic rings. The number of hydrogen-bond acceptors (Lipinski definition) is 7. The number of nitrogens with one attached hydrogen (secondary N) is 2. The van der Waals surface area contributed by atoms with E-state index in [0.717, 1.165) is 44.4 Å². The highest BCUT2D eigenvalue weighted by atomic mass is 32.1. The summed E-state index contributed by atoms with van der Waals surface area (Å²) in [6.07, 6.45) is 0.893. The molecular formula is C27H38F3N5O3S. The molecule has 2 heterocycles. The first-order valence-electron chi connectivity index (χ1n) is 13.3. The molecule has 1 aliphatic carbocycles. The van der Waals surface area contributed by atoms with Crippen LogP contribution < -0.4 is 10.6 Å². The Hall–Kier alpha value is -2.60. The van der Waals surface area contributed by atoms with Gasteiger partial charge in [0.15, 0.2) is 6.04 Å². The molecule has 2 fully saturated rings. The maximum absolute atomic E-state index is 14.3. The van der Waals surface area contributed by atoms with Gasteiger partial charge in [0.05, 0.1) is 21.7 Å². The number of amides is 2. The summed E-state index contributed by atoms with van der Waals surface area (Å²) < 4.78 is 42.8. The summed E-state index contributed by atoms with van der Waals surface area (Å²) in [6, 6.07) is -0.777. The molecule has 12 heteroatoms. The number of alkyl halides is 3. The summed E-state index contributed by atoms with van der Waals surface area (Å²) in [4.78, 5) is 35.8. The molecule has 0 radical (unpaired) electrons. The molecule has 8 nitrogen and oxygen atoms in total. The van der Waals surface area contributed by atoms with Crippen LogP contribution in [0.1, 0.15) is 77.8 Å². The molecule has 1 aromatic heterocycles. The van der Waals surface area contributed by atoms with Crippen LogP contribution in [0.4, 0.5) is 19.0 Å². The predicted molar refractivity (Wildman–Crippen MR) is 148 cm³/mol. The van der Waals surface area contributed by atoms with Gasteiger partial charge in [-0.1, -0.05) is 18.6 Å². The molecule has 0 spiro atoms. The summed E-state index contributed by atoms with van der Waals surface area (Å²) >= 11 is 5.49. The lowest BCUT2D eigenvalue weighted by Crippen LogP contribution is -2.45. The number of aromatic nitrogens is 1. The highest BCUT2D eigenvalue weighted by Crippen LogP contribution is 2.36.